The van der Waals surface area contributed by atoms with Crippen molar-refractivity contribution in [2.75, 3.05) is 165 Å². The molecule has 0 aromatic carbocycles. The number of nitrogens with zero attached hydrogens (tertiary/aromatic N) is 15. The van der Waals surface area contributed by atoms with Crippen molar-refractivity contribution in [1.82, 2.24) is 95.0 Å². The predicted molar refractivity (Wildman–Crippen MR) is 403 cm³/mol. The molecule has 7 saturated heterocycles. The second kappa shape index (κ2) is 47.9. The van der Waals surface area contributed by atoms with Gasteiger partial charge in [0.1, 0.15) is 135 Å². The van der Waals surface area contributed by atoms with Crippen molar-refractivity contribution < 1.29 is 139 Å². The third-order valence-electron chi connectivity index (χ3n) is 20.1. The van der Waals surface area contributed by atoms with E-state index in [1.165, 1.54) is 93.8 Å². The summed E-state index contributed by atoms with van der Waals surface area (Å²) >= 11 is 0. The monoisotopic (exact) mass is 1650 g/mol. The van der Waals surface area contributed by atoms with E-state index in [0.29, 0.717) is 72.3 Å². The number of aliphatic hydroxyl groups excluding tert-OH is 17. The van der Waals surface area contributed by atoms with Crippen LogP contribution in [0, 0.1) is 0 Å². The van der Waals surface area contributed by atoms with Crippen LogP contribution in [0.2, 0.25) is 0 Å². The Kier molecular flexibility index (Phi) is 41.3. The van der Waals surface area contributed by atoms with E-state index in [2.05, 4.69) is 87.9 Å². The van der Waals surface area contributed by atoms with Crippen molar-refractivity contribution in [3.63, 3.8) is 0 Å². The van der Waals surface area contributed by atoms with Crippen LogP contribution in [0.4, 0.5) is 0 Å². The van der Waals surface area contributed by atoms with Crippen molar-refractivity contribution in [2.45, 2.75) is 171 Å². The molecule has 47 nitrogen and oxygen atoms in total. The first-order chi connectivity index (χ1) is 54.7. The molecule has 4 aromatic rings. The summed E-state index contributed by atoms with van der Waals surface area (Å²) < 4.78 is 63.0. The summed E-state index contributed by atoms with van der Waals surface area (Å²) in [6.45, 7) is 15.7. The second-order valence-corrected chi connectivity index (χ2v) is 27.3. The minimum atomic E-state index is -1.09. The van der Waals surface area contributed by atoms with Gasteiger partial charge in [0.15, 0.2) is 48.2 Å². The molecule has 658 valence electrons. The van der Waals surface area contributed by atoms with E-state index in [9.17, 15) is 71.5 Å². The Morgan fingerprint density at radius 3 is 1.05 bits per heavy atom. The Morgan fingerprint density at radius 1 is 0.357 bits per heavy atom. The van der Waals surface area contributed by atoms with Gasteiger partial charge in [0.25, 0.3) is 0 Å². The van der Waals surface area contributed by atoms with E-state index < -0.39 is 153 Å². The minimum Gasteiger partial charge on any atom is -0.395 e. The summed E-state index contributed by atoms with van der Waals surface area (Å²) in [5, 5.41) is 190. The van der Waals surface area contributed by atoms with Gasteiger partial charge >= 0.3 is 0 Å². The summed E-state index contributed by atoms with van der Waals surface area (Å²) in [6.07, 6.45) is -13.6. The van der Waals surface area contributed by atoms with Crippen molar-refractivity contribution in [2.24, 2.45) is 0 Å². The maximum atomic E-state index is 10.1. The highest BCUT2D eigenvalue weighted by atomic mass is 16.6. The maximum absolute atomic E-state index is 10.1. The molecule has 0 aliphatic carbocycles. The molecule has 0 spiro atoms. The maximum Gasteiger partial charge on any atom is 0.196 e. The second-order valence-electron chi connectivity index (χ2n) is 27.3. The van der Waals surface area contributed by atoms with Gasteiger partial charge in [-0.25, -0.2) is 38.7 Å². The van der Waals surface area contributed by atoms with Crippen LogP contribution in [0.5, 0.6) is 0 Å². The summed E-state index contributed by atoms with van der Waals surface area (Å²) in [6, 6.07) is -1.00. The molecule has 4 aromatic heterocycles. The van der Waals surface area contributed by atoms with Crippen LogP contribution in [-0.2, 0) is 52.1 Å². The molecule has 0 radical (unpaired) electrons. The van der Waals surface area contributed by atoms with Crippen LogP contribution in [0.25, 0.3) is 22.8 Å². The molecule has 21 N–H and O–H groups in total. The molecule has 0 saturated carbocycles. The van der Waals surface area contributed by atoms with Crippen molar-refractivity contribution >= 4 is 22.8 Å². The molecule has 7 aliphatic rings. The number of aromatic nitrogens is 12. The van der Waals surface area contributed by atoms with Gasteiger partial charge in [0.05, 0.1) is 105 Å². The van der Waals surface area contributed by atoms with Gasteiger partial charge < -0.3 is 160 Å². The number of aliphatic hydroxyl groups is 17. The fourth-order valence-corrected chi connectivity index (χ4v) is 13.1. The van der Waals surface area contributed by atoms with Gasteiger partial charge in [0.2, 0.25) is 0 Å². The lowest BCUT2D eigenvalue weighted by Gasteiger charge is -2.42. The van der Waals surface area contributed by atoms with E-state index in [-0.39, 0.29) is 57.8 Å². The zero-order valence-corrected chi connectivity index (χ0v) is 67.2. The number of likely N-dealkylation sites (N-methyl/N-ethyl adjacent to an activating group) is 3. The number of ether oxygens (including phenoxy) is 11. The van der Waals surface area contributed by atoms with Gasteiger partial charge in [0, 0.05) is 97.6 Å². The molecule has 115 heavy (non-hydrogen) atoms. The molecule has 28 atom stereocenters. The fourth-order valence-electron chi connectivity index (χ4n) is 13.1. The number of hydrogen-bond acceptors (Lipinski definition) is 43. The first-order valence-electron chi connectivity index (χ1n) is 36.4. The fraction of sp³-hybridized carbons (Fsp3) is 0.765. The lowest BCUT2D eigenvalue weighted by molar-refractivity contribution is -0.151. The predicted octanol–water partition coefficient (Wildman–Crippen LogP) is -11.0. The number of piperidine rings is 3. The number of likely N-dealkylation sites (tertiary alicyclic amines) is 3. The van der Waals surface area contributed by atoms with E-state index in [1.54, 1.807) is 64.0 Å². The Labute approximate surface area is 665 Å². The van der Waals surface area contributed by atoms with Crippen LogP contribution in [-0.4, -0.2) is 472 Å². The molecular formula is C68H123N19O28. The van der Waals surface area contributed by atoms with E-state index >= 15 is 0 Å². The lowest BCUT2D eigenvalue weighted by atomic mass is 9.95. The minimum absolute atomic E-state index is 0.135. The highest BCUT2D eigenvalue weighted by Gasteiger charge is 2.50. The number of rotatable bonds is 26. The lowest BCUT2D eigenvalue weighted by Crippen LogP contribution is -2.61. The Hall–Kier alpha value is -6.52. The zero-order chi connectivity index (χ0) is 86.0. The first kappa shape index (κ1) is 99.0. The van der Waals surface area contributed by atoms with E-state index in [4.69, 9.17) is 67.4 Å². The summed E-state index contributed by atoms with van der Waals surface area (Å²) in [4.78, 5) is 21.6. The van der Waals surface area contributed by atoms with Crippen LogP contribution in [0.1, 0.15) is 48.2 Å². The van der Waals surface area contributed by atoms with E-state index in [0.717, 1.165) is 0 Å². The largest absolute Gasteiger partial charge is 0.395 e. The number of hydrogen-bond donors (Lipinski definition) is 21. The van der Waals surface area contributed by atoms with Crippen LogP contribution in [0.15, 0.2) is 51.6 Å². The van der Waals surface area contributed by atoms with E-state index in [1.807, 2.05) is 0 Å². The number of methoxy groups -OCH3 is 7. The molecule has 0 bridgehead atoms. The van der Waals surface area contributed by atoms with Crippen LogP contribution in [0.3, 0.4) is 0 Å². The van der Waals surface area contributed by atoms with Crippen molar-refractivity contribution in [1.29, 1.82) is 0 Å². The Balaban J connectivity index is 0.000000241. The first-order valence-corrected chi connectivity index (χ1v) is 36.4. The molecule has 7 fully saturated rings. The Bertz CT molecular complexity index is 3380. The quantitative estimate of drug-likeness (QED) is 0.0278. The summed E-state index contributed by atoms with van der Waals surface area (Å²) in [5.74, 6) is 1.67. The molecule has 7 aliphatic heterocycles. The van der Waals surface area contributed by atoms with Gasteiger partial charge in [-0.15, -0.1) is 20.4 Å². The molecule has 11 rings (SSSR count). The standard InChI is InChI=1S/4C11H18N4O4.3C8H17NO4/c2*1-6(12-2)10-13-5-15(14-10)11-8(17)9(18-3)7(4-16)19-11;1-6(12-2)10-13-5-15(14-10)11-9(17)8(16)7(19-11)4-18-3;1-6(12-2)10-13-5-15(14-10)11-9(18-3)8(17)7(4-16)19-11;1-9-3-6(10)8(12)7(11)5(9)4-13-2;1-9-3-6(13-2)8(12)7(11)5(9)4-10;1-9-3-6(11)8(13-2)7(12)5(9)4-10/h4*5,7-9,11-12,16-17H,1,4H2,2-3H3;3*5-8,10-12H,3-4H2,1-2H3/t4*7-,8-,9-,11-;3*5-,6+,7-,8-/m1001111/s1. The SMILES string of the molecule is C=C(NC)c1ncn([C@@H]2O[C@H](CO)[C@@H](O)[C@H]2OC)n1.C=C(NC)c1ncn([C@@H]2O[C@H](CO)[C@@H](OC)[C@H]2O)n1.C=C(NC)c1ncn([C@H]2O[C@@H](CO)[C@H](OC)[C@@H]2O)n1.C=C(NC)c1ncn([C@H]2O[C@@H](COC)[C@H](O)[C@@H]2O)n1.COC[C@@H]1[C@@H](O)[C@H](O)[C@@H](O)CN1C.CO[C@H]1CN(C)[C@H](CO)[C@@H](O)[C@@H]1O.CO[C@H]1[C@H](O)[C@@H](CO)N(C)C[C@@H]1O. The topological polar surface area (TPSA) is 626 Å². The van der Waals surface area contributed by atoms with Gasteiger partial charge in [-0.1, -0.05) is 26.3 Å². The van der Waals surface area contributed by atoms with Crippen LogP contribution >= 0.6 is 0 Å². The number of β-amino-alcohol motifs (C(OH)–C–C–N with tert-alkyl or cyclic N) is 2. The highest BCUT2D eigenvalue weighted by molar-refractivity contribution is 5.55. The average molecular weight is 1650 g/mol. The third-order valence-corrected chi connectivity index (χ3v) is 20.1. The molecule has 0 amide bonds. The molecular weight excluding hydrogens is 1530 g/mol. The average Bonchev–Trinajstić information content (AvgIpc) is 1.72. The smallest absolute Gasteiger partial charge is 0.196 e. The van der Waals surface area contributed by atoms with Crippen LogP contribution < -0.4 is 21.3 Å². The summed E-state index contributed by atoms with van der Waals surface area (Å²) in [7, 11) is 22.5. The van der Waals surface area contributed by atoms with Gasteiger partial charge in [-0.05, 0) is 21.1 Å². The third kappa shape index (κ3) is 24.8. The highest BCUT2D eigenvalue weighted by Crippen LogP contribution is 2.35. The Morgan fingerprint density at radius 2 is 0.696 bits per heavy atom. The van der Waals surface area contributed by atoms with Gasteiger partial charge in [-0.2, -0.15) is 0 Å². The summed E-state index contributed by atoms with van der Waals surface area (Å²) in [5.41, 5.74) is 2.26. The van der Waals surface area contributed by atoms with Crippen molar-refractivity contribution in [3.8, 4) is 0 Å². The molecule has 47 heteroatoms. The van der Waals surface area contributed by atoms with Crippen molar-refractivity contribution in [3.05, 3.63) is 74.9 Å². The molecule has 11 heterocycles. The number of nitrogens with one attached hydrogen (secondary N) is 4. The normalized spacial score (nSPS) is 34.5. The van der Waals surface area contributed by atoms with Gasteiger partial charge in [-0.3, -0.25) is 14.7 Å². The zero-order valence-electron chi connectivity index (χ0n) is 67.2. The molecule has 0 unspecified atom stereocenters.